The summed E-state index contributed by atoms with van der Waals surface area (Å²) in [5.41, 5.74) is 6.55. The number of nitrogens with two attached hydrogens (primary N) is 1. The van der Waals surface area contributed by atoms with Crippen molar-refractivity contribution in [3.8, 4) is 0 Å². The van der Waals surface area contributed by atoms with Gasteiger partial charge in [-0.15, -0.1) is 11.3 Å². The lowest BCUT2D eigenvalue weighted by Gasteiger charge is -2.20. The molecule has 1 atom stereocenters. The number of nitrogens with zero attached hydrogens (tertiary/aromatic N) is 1. The summed E-state index contributed by atoms with van der Waals surface area (Å²) in [4.78, 5) is 14.4. The Morgan fingerprint density at radius 1 is 1.50 bits per heavy atom. The van der Waals surface area contributed by atoms with Gasteiger partial charge >= 0.3 is 0 Å². The molecule has 1 heterocycles. The third-order valence-electron chi connectivity index (χ3n) is 3.02. The Labute approximate surface area is 121 Å². The highest BCUT2D eigenvalue weighted by Crippen LogP contribution is 2.33. The Kier molecular flexibility index (Phi) is 4.59. The zero-order chi connectivity index (χ0) is 14.7. The van der Waals surface area contributed by atoms with Crippen molar-refractivity contribution >= 4 is 33.0 Å². The molecule has 0 aliphatic rings. The summed E-state index contributed by atoms with van der Waals surface area (Å²) >= 11 is 1.37. The molecule has 0 spiro atoms. The van der Waals surface area contributed by atoms with E-state index in [9.17, 15) is 9.90 Å². The Morgan fingerprint density at radius 2 is 2.20 bits per heavy atom. The summed E-state index contributed by atoms with van der Waals surface area (Å²) in [7, 11) is 3.15. The van der Waals surface area contributed by atoms with Crippen LogP contribution in [0.25, 0.3) is 10.1 Å². The quantitative estimate of drug-likeness (QED) is 0.877. The van der Waals surface area contributed by atoms with E-state index in [0.29, 0.717) is 10.6 Å². The summed E-state index contributed by atoms with van der Waals surface area (Å²) in [6, 6.07) is 7.65. The lowest BCUT2D eigenvalue weighted by Crippen LogP contribution is -2.36. The van der Waals surface area contributed by atoms with Crippen LogP contribution < -0.4 is 5.73 Å². The first-order valence-corrected chi connectivity index (χ1v) is 7.05. The van der Waals surface area contributed by atoms with Gasteiger partial charge in [-0.05, 0) is 6.07 Å². The standard InChI is InChI=1S/C14H18N2O3S/c1-16(7-9(17)8-19-2)14(18)13-12(15)10-5-3-4-6-11(10)20-13/h3-6,9,17H,7-8,15H2,1-2H3. The number of likely N-dealkylation sites (N-methyl/N-ethyl adjacent to an activating group) is 1. The molecular weight excluding hydrogens is 276 g/mol. The fraction of sp³-hybridized carbons (Fsp3) is 0.357. The molecule has 20 heavy (non-hydrogen) atoms. The van der Waals surface area contributed by atoms with Crippen LogP contribution in [-0.4, -0.2) is 49.3 Å². The number of hydrogen-bond acceptors (Lipinski definition) is 5. The monoisotopic (exact) mass is 294 g/mol. The Hall–Kier alpha value is -1.63. The molecule has 5 nitrogen and oxygen atoms in total. The van der Waals surface area contributed by atoms with Gasteiger partial charge in [-0.3, -0.25) is 4.79 Å². The molecule has 0 bridgehead atoms. The zero-order valence-electron chi connectivity index (χ0n) is 11.5. The van der Waals surface area contributed by atoms with Gasteiger partial charge < -0.3 is 20.5 Å². The lowest BCUT2D eigenvalue weighted by atomic mass is 10.2. The van der Waals surface area contributed by atoms with Crippen LogP contribution in [0.1, 0.15) is 9.67 Å². The Balaban J connectivity index is 2.20. The topological polar surface area (TPSA) is 75.8 Å². The molecule has 1 aromatic carbocycles. The highest BCUT2D eigenvalue weighted by Gasteiger charge is 2.21. The van der Waals surface area contributed by atoms with Gasteiger partial charge in [-0.1, -0.05) is 18.2 Å². The van der Waals surface area contributed by atoms with Crippen LogP contribution in [0.3, 0.4) is 0 Å². The predicted octanol–water partition coefficient (Wildman–Crippen LogP) is 1.56. The van der Waals surface area contributed by atoms with Gasteiger partial charge in [0.15, 0.2) is 0 Å². The average molecular weight is 294 g/mol. The molecule has 0 aliphatic carbocycles. The van der Waals surface area contributed by atoms with Crippen molar-refractivity contribution in [2.75, 3.05) is 33.0 Å². The van der Waals surface area contributed by atoms with Crippen LogP contribution in [0.4, 0.5) is 5.69 Å². The number of nitrogen functional groups attached to an aromatic ring is 1. The first-order valence-electron chi connectivity index (χ1n) is 6.24. The molecule has 1 aromatic heterocycles. The maximum Gasteiger partial charge on any atom is 0.265 e. The van der Waals surface area contributed by atoms with E-state index in [4.69, 9.17) is 10.5 Å². The third-order valence-corrected chi connectivity index (χ3v) is 4.19. The van der Waals surface area contributed by atoms with Crippen LogP contribution in [-0.2, 0) is 4.74 Å². The number of ether oxygens (including phenoxy) is 1. The predicted molar refractivity (Wildman–Crippen MR) is 81.1 cm³/mol. The number of hydrogen-bond donors (Lipinski definition) is 2. The van der Waals surface area contributed by atoms with Crippen molar-refractivity contribution in [2.24, 2.45) is 0 Å². The summed E-state index contributed by atoms with van der Waals surface area (Å²) in [5, 5.41) is 10.6. The van der Waals surface area contributed by atoms with E-state index in [0.717, 1.165) is 10.1 Å². The average Bonchev–Trinajstić information content (AvgIpc) is 2.76. The van der Waals surface area contributed by atoms with E-state index in [-0.39, 0.29) is 19.1 Å². The van der Waals surface area contributed by atoms with Crippen LogP contribution in [0.2, 0.25) is 0 Å². The number of benzene rings is 1. The maximum absolute atomic E-state index is 12.4. The van der Waals surface area contributed by atoms with Gasteiger partial charge in [0.2, 0.25) is 0 Å². The molecule has 1 unspecified atom stereocenters. The van der Waals surface area contributed by atoms with Crippen LogP contribution in [0.5, 0.6) is 0 Å². The fourth-order valence-corrected chi connectivity index (χ4v) is 3.16. The van der Waals surface area contributed by atoms with Crippen molar-refractivity contribution in [3.63, 3.8) is 0 Å². The van der Waals surface area contributed by atoms with Crippen molar-refractivity contribution < 1.29 is 14.6 Å². The number of aliphatic hydroxyl groups excluding tert-OH is 1. The molecule has 0 fully saturated rings. The number of fused-ring (bicyclic) bond motifs is 1. The van der Waals surface area contributed by atoms with Crippen molar-refractivity contribution in [3.05, 3.63) is 29.1 Å². The highest BCUT2D eigenvalue weighted by molar-refractivity contribution is 7.21. The van der Waals surface area contributed by atoms with E-state index < -0.39 is 6.10 Å². The number of carbonyl (C=O) groups is 1. The van der Waals surface area contributed by atoms with Crippen LogP contribution in [0.15, 0.2) is 24.3 Å². The van der Waals surface area contributed by atoms with Crippen molar-refractivity contribution in [1.29, 1.82) is 0 Å². The number of aliphatic hydroxyl groups is 1. The molecule has 6 heteroatoms. The van der Waals surface area contributed by atoms with Crippen LogP contribution in [0, 0.1) is 0 Å². The molecule has 2 rings (SSSR count). The number of carbonyl (C=O) groups excluding carboxylic acids is 1. The Bertz CT molecular complexity index is 611. The van der Waals surface area contributed by atoms with Crippen LogP contribution >= 0.6 is 11.3 Å². The molecule has 2 aromatic rings. The maximum atomic E-state index is 12.4. The lowest BCUT2D eigenvalue weighted by molar-refractivity contribution is 0.0382. The first-order chi connectivity index (χ1) is 9.54. The summed E-state index contributed by atoms with van der Waals surface area (Å²) in [6.45, 7) is 0.403. The van der Waals surface area contributed by atoms with E-state index in [1.807, 2.05) is 24.3 Å². The number of methoxy groups -OCH3 is 1. The van der Waals surface area contributed by atoms with E-state index in [1.54, 1.807) is 7.05 Å². The number of thiophene rings is 1. The van der Waals surface area contributed by atoms with Crippen molar-refractivity contribution in [2.45, 2.75) is 6.10 Å². The van der Waals surface area contributed by atoms with E-state index in [1.165, 1.54) is 23.3 Å². The fourth-order valence-electron chi connectivity index (χ4n) is 2.04. The third kappa shape index (κ3) is 2.92. The molecule has 0 saturated carbocycles. The summed E-state index contributed by atoms with van der Waals surface area (Å²) in [5.74, 6) is -0.182. The summed E-state index contributed by atoms with van der Waals surface area (Å²) in [6.07, 6.45) is -0.704. The molecule has 3 N–H and O–H groups in total. The van der Waals surface area contributed by atoms with Gasteiger partial charge in [0.05, 0.1) is 18.4 Å². The highest BCUT2D eigenvalue weighted by atomic mass is 32.1. The summed E-state index contributed by atoms with van der Waals surface area (Å²) < 4.78 is 5.84. The first kappa shape index (κ1) is 14.8. The molecule has 108 valence electrons. The molecule has 1 amide bonds. The smallest absolute Gasteiger partial charge is 0.265 e. The SMILES string of the molecule is COCC(O)CN(C)C(=O)c1sc2ccccc2c1N. The van der Waals surface area contributed by atoms with Gasteiger partial charge in [0.1, 0.15) is 4.88 Å². The minimum absolute atomic E-state index is 0.182. The number of rotatable bonds is 5. The number of amides is 1. The normalized spacial score (nSPS) is 12.6. The van der Waals surface area contributed by atoms with E-state index >= 15 is 0 Å². The van der Waals surface area contributed by atoms with Gasteiger partial charge in [0, 0.05) is 30.8 Å². The largest absolute Gasteiger partial charge is 0.397 e. The molecule has 0 saturated heterocycles. The van der Waals surface area contributed by atoms with Crippen molar-refractivity contribution in [1.82, 2.24) is 4.90 Å². The van der Waals surface area contributed by atoms with Gasteiger partial charge in [-0.2, -0.15) is 0 Å². The molecular formula is C14H18N2O3S. The minimum Gasteiger partial charge on any atom is -0.397 e. The second-order valence-corrected chi connectivity index (χ2v) is 5.69. The number of anilines is 1. The second kappa shape index (κ2) is 6.21. The second-order valence-electron chi connectivity index (χ2n) is 4.64. The molecule has 0 radical (unpaired) electrons. The van der Waals surface area contributed by atoms with Gasteiger partial charge in [-0.25, -0.2) is 0 Å². The minimum atomic E-state index is -0.704. The van der Waals surface area contributed by atoms with Gasteiger partial charge in [0.25, 0.3) is 5.91 Å². The Morgan fingerprint density at radius 3 is 2.85 bits per heavy atom. The molecule has 0 aliphatic heterocycles. The van der Waals surface area contributed by atoms with E-state index in [2.05, 4.69) is 0 Å². The zero-order valence-corrected chi connectivity index (χ0v) is 12.3.